The van der Waals surface area contributed by atoms with Gasteiger partial charge in [0.1, 0.15) is 23.8 Å². The zero-order valence-electron chi connectivity index (χ0n) is 14.1. The number of rotatable bonds is 3. The number of anilines is 3. The van der Waals surface area contributed by atoms with Crippen LogP contribution < -0.4 is 14.7 Å². The van der Waals surface area contributed by atoms with E-state index < -0.39 is 0 Å². The van der Waals surface area contributed by atoms with Gasteiger partial charge in [0.05, 0.1) is 0 Å². The molecule has 8 heteroatoms. The summed E-state index contributed by atoms with van der Waals surface area (Å²) in [6.07, 6.45) is 5.57. The van der Waals surface area contributed by atoms with Crippen molar-refractivity contribution >= 4 is 28.3 Å². The van der Waals surface area contributed by atoms with Crippen molar-refractivity contribution in [2.75, 3.05) is 54.0 Å². The summed E-state index contributed by atoms with van der Waals surface area (Å²) < 4.78 is 4.28. The van der Waals surface area contributed by atoms with Crippen LogP contribution in [-0.4, -0.2) is 58.6 Å². The van der Waals surface area contributed by atoms with Crippen molar-refractivity contribution in [1.29, 1.82) is 0 Å². The van der Waals surface area contributed by atoms with Crippen molar-refractivity contribution < 1.29 is 0 Å². The molecular formula is C16H23N7S. The van der Waals surface area contributed by atoms with Gasteiger partial charge in [-0.3, -0.25) is 0 Å². The van der Waals surface area contributed by atoms with Crippen LogP contribution in [0.5, 0.6) is 0 Å². The molecule has 4 heterocycles. The molecule has 0 bridgehead atoms. The molecule has 0 aliphatic carbocycles. The van der Waals surface area contributed by atoms with Crippen LogP contribution in [0, 0.1) is 6.92 Å². The van der Waals surface area contributed by atoms with E-state index in [9.17, 15) is 0 Å². The molecule has 2 aromatic rings. The highest BCUT2D eigenvalue weighted by Gasteiger charge is 2.21. The molecule has 0 spiro atoms. The first-order chi connectivity index (χ1) is 11.8. The fourth-order valence-electron chi connectivity index (χ4n) is 3.35. The van der Waals surface area contributed by atoms with Gasteiger partial charge in [0.2, 0.25) is 5.13 Å². The van der Waals surface area contributed by atoms with Gasteiger partial charge in [-0.25, -0.2) is 15.0 Å². The molecule has 0 saturated carbocycles. The topological polar surface area (TPSA) is 61.3 Å². The first kappa shape index (κ1) is 15.6. The van der Waals surface area contributed by atoms with Gasteiger partial charge in [0.15, 0.2) is 0 Å². The minimum atomic E-state index is 0.861. The lowest BCUT2D eigenvalue weighted by atomic mass is 10.1. The van der Waals surface area contributed by atoms with Crippen LogP contribution in [-0.2, 0) is 0 Å². The molecule has 0 N–H and O–H groups in total. The second-order valence-electron chi connectivity index (χ2n) is 6.38. The minimum absolute atomic E-state index is 0.861. The molecule has 0 radical (unpaired) electrons. The first-order valence-corrected chi connectivity index (χ1v) is 9.44. The van der Waals surface area contributed by atoms with E-state index in [2.05, 4.69) is 40.1 Å². The van der Waals surface area contributed by atoms with Gasteiger partial charge < -0.3 is 14.7 Å². The Labute approximate surface area is 146 Å². The number of hydrogen-bond donors (Lipinski definition) is 0. The van der Waals surface area contributed by atoms with Crippen LogP contribution >= 0.6 is 11.5 Å². The highest BCUT2D eigenvalue weighted by Crippen LogP contribution is 2.24. The zero-order valence-corrected chi connectivity index (χ0v) is 14.9. The van der Waals surface area contributed by atoms with Crippen molar-refractivity contribution in [2.24, 2.45) is 0 Å². The Kier molecular flexibility index (Phi) is 4.46. The molecular weight excluding hydrogens is 322 g/mol. The third-order valence-corrected chi connectivity index (χ3v) is 5.58. The van der Waals surface area contributed by atoms with Crippen LogP contribution in [0.3, 0.4) is 0 Å². The summed E-state index contributed by atoms with van der Waals surface area (Å²) in [5, 5.41) is 1.03. The normalized spacial score (nSPS) is 19.0. The second-order valence-corrected chi connectivity index (χ2v) is 7.11. The van der Waals surface area contributed by atoms with Gasteiger partial charge in [-0.1, -0.05) is 0 Å². The van der Waals surface area contributed by atoms with Crippen molar-refractivity contribution in [1.82, 2.24) is 19.3 Å². The van der Waals surface area contributed by atoms with Crippen molar-refractivity contribution in [2.45, 2.75) is 26.2 Å². The van der Waals surface area contributed by atoms with Gasteiger partial charge >= 0.3 is 0 Å². The van der Waals surface area contributed by atoms with Crippen molar-refractivity contribution in [3.05, 3.63) is 18.2 Å². The molecule has 2 saturated heterocycles. The van der Waals surface area contributed by atoms with Gasteiger partial charge in [0, 0.05) is 56.9 Å². The Morgan fingerprint density at radius 2 is 1.46 bits per heavy atom. The minimum Gasteiger partial charge on any atom is -0.356 e. The van der Waals surface area contributed by atoms with Crippen LogP contribution in [0.25, 0.3) is 0 Å². The molecule has 0 unspecified atom stereocenters. The maximum atomic E-state index is 4.50. The number of aryl methyl sites for hydroxylation is 1. The van der Waals surface area contributed by atoms with Crippen LogP contribution in [0.15, 0.2) is 12.4 Å². The summed E-state index contributed by atoms with van der Waals surface area (Å²) in [6, 6.07) is 2.15. The highest BCUT2D eigenvalue weighted by molar-refractivity contribution is 7.09. The largest absolute Gasteiger partial charge is 0.356 e. The molecule has 2 aliphatic rings. The van der Waals surface area contributed by atoms with E-state index in [1.165, 1.54) is 30.8 Å². The van der Waals surface area contributed by atoms with Crippen molar-refractivity contribution in [3.8, 4) is 0 Å². The Hall–Kier alpha value is -1.96. The Morgan fingerprint density at radius 1 is 0.833 bits per heavy atom. The van der Waals surface area contributed by atoms with E-state index in [0.717, 1.165) is 61.9 Å². The molecule has 128 valence electrons. The lowest BCUT2D eigenvalue weighted by Gasteiger charge is -2.35. The van der Waals surface area contributed by atoms with Gasteiger partial charge in [-0.05, 0) is 26.2 Å². The Balaban J connectivity index is 1.42. The zero-order chi connectivity index (χ0) is 16.4. The summed E-state index contributed by atoms with van der Waals surface area (Å²) in [6.45, 7) is 7.99. The van der Waals surface area contributed by atoms with Crippen LogP contribution in [0.4, 0.5) is 16.8 Å². The van der Waals surface area contributed by atoms with Gasteiger partial charge in [0.25, 0.3) is 0 Å². The van der Waals surface area contributed by atoms with Crippen LogP contribution in [0.1, 0.15) is 25.1 Å². The average molecular weight is 345 g/mol. The SMILES string of the molecule is Cc1nsc(N2CCN(c3cc(N4CCCCC4)ncn3)CC2)n1. The standard InChI is InChI=1S/C16H23N7S/c1-13-19-16(24-20-13)23-9-7-22(8-10-23)15-11-14(17-12-18-15)21-5-3-2-4-6-21/h11-12H,2-10H2,1H3. The Morgan fingerprint density at radius 3 is 2.08 bits per heavy atom. The molecule has 0 aromatic carbocycles. The Bertz CT molecular complexity index is 675. The number of piperidine rings is 1. The third-order valence-electron chi connectivity index (χ3n) is 4.71. The lowest BCUT2D eigenvalue weighted by molar-refractivity contribution is 0.572. The first-order valence-electron chi connectivity index (χ1n) is 8.67. The smallest absolute Gasteiger partial charge is 0.205 e. The van der Waals surface area contributed by atoms with E-state index in [1.54, 1.807) is 6.33 Å². The molecule has 2 aliphatic heterocycles. The van der Waals surface area contributed by atoms with E-state index in [1.807, 2.05) is 6.92 Å². The number of nitrogens with zero attached hydrogens (tertiary/aromatic N) is 7. The fourth-order valence-corrected chi connectivity index (χ4v) is 4.07. The summed E-state index contributed by atoms with van der Waals surface area (Å²) >= 11 is 1.49. The summed E-state index contributed by atoms with van der Waals surface area (Å²) in [5.74, 6) is 2.97. The number of piperazine rings is 1. The molecule has 24 heavy (non-hydrogen) atoms. The maximum Gasteiger partial charge on any atom is 0.205 e. The molecule has 7 nitrogen and oxygen atoms in total. The quantitative estimate of drug-likeness (QED) is 0.842. The second kappa shape index (κ2) is 6.88. The monoisotopic (exact) mass is 345 g/mol. The summed E-state index contributed by atoms with van der Waals surface area (Å²) in [7, 11) is 0. The van der Waals surface area contributed by atoms with E-state index in [0.29, 0.717) is 0 Å². The number of aromatic nitrogens is 4. The third kappa shape index (κ3) is 3.28. The summed E-state index contributed by atoms with van der Waals surface area (Å²) in [4.78, 5) is 20.5. The van der Waals surface area contributed by atoms with E-state index in [4.69, 9.17) is 0 Å². The average Bonchev–Trinajstić information content (AvgIpc) is 3.09. The van der Waals surface area contributed by atoms with Crippen molar-refractivity contribution in [3.63, 3.8) is 0 Å². The maximum absolute atomic E-state index is 4.50. The highest BCUT2D eigenvalue weighted by atomic mass is 32.1. The molecule has 0 amide bonds. The fraction of sp³-hybridized carbons (Fsp3) is 0.625. The van der Waals surface area contributed by atoms with Gasteiger partial charge in [-0.2, -0.15) is 4.37 Å². The lowest BCUT2D eigenvalue weighted by Crippen LogP contribution is -2.47. The predicted molar refractivity (Wildman–Crippen MR) is 97.2 cm³/mol. The molecule has 2 fully saturated rings. The van der Waals surface area contributed by atoms with Gasteiger partial charge in [-0.15, -0.1) is 0 Å². The van der Waals surface area contributed by atoms with E-state index in [-0.39, 0.29) is 0 Å². The molecule has 0 atom stereocenters. The number of hydrogen-bond acceptors (Lipinski definition) is 8. The van der Waals surface area contributed by atoms with E-state index >= 15 is 0 Å². The summed E-state index contributed by atoms with van der Waals surface area (Å²) in [5.41, 5.74) is 0. The molecule has 2 aromatic heterocycles. The predicted octanol–water partition coefficient (Wildman–Crippen LogP) is 1.95. The van der Waals surface area contributed by atoms with Crippen LogP contribution in [0.2, 0.25) is 0 Å². The molecule has 4 rings (SSSR count).